The lowest BCUT2D eigenvalue weighted by Gasteiger charge is -2.13. The molecule has 2 aromatic rings. The molecule has 116 valence electrons. The van der Waals surface area contributed by atoms with E-state index in [1.807, 2.05) is 48.6 Å². The molecule has 0 spiro atoms. The largest absolute Gasteiger partial charge is 0.378 e. The molecule has 0 radical (unpaired) electrons. The molecule has 2 rings (SSSR count). The van der Waals surface area contributed by atoms with Crippen LogP contribution >= 0.6 is 11.3 Å². The predicted molar refractivity (Wildman–Crippen MR) is 89.3 cm³/mol. The molecule has 0 aliphatic heterocycles. The van der Waals surface area contributed by atoms with Gasteiger partial charge in [-0.3, -0.25) is 9.59 Å². The number of thiophene rings is 1. The number of carbonyl (C=O) groups excluding carboxylic acids is 2. The standard InChI is InChI=1S/C16H19N3O2S/c1-19(2)13-7-5-12(6-8-13)10-17-15(20)11-18-16(21)14-4-3-9-22-14/h3-9H,10-11H2,1-2H3,(H,17,20)(H,18,21). The highest BCUT2D eigenvalue weighted by molar-refractivity contribution is 7.12. The van der Waals surface area contributed by atoms with Gasteiger partial charge in [0, 0.05) is 26.3 Å². The summed E-state index contributed by atoms with van der Waals surface area (Å²) < 4.78 is 0. The van der Waals surface area contributed by atoms with Gasteiger partial charge in [0.1, 0.15) is 0 Å². The lowest BCUT2D eigenvalue weighted by molar-refractivity contribution is -0.120. The van der Waals surface area contributed by atoms with E-state index < -0.39 is 0 Å². The smallest absolute Gasteiger partial charge is 0.261 e. The van der Waals surface area contributed by atoms with Gasteiger partial charge < -0.3 is 15.5 Å². The van der Waals surface area contributed by atoms with Gasteiger partial charge in [-0.05, 0) is 29.1 Å². The van der Waals surface area contributed by atoms with Crippen LogP contribution in [0, 0.1) is 0 Å². The van der Waals surface area contributed by atoms with Gasteiger partial charge in [-0.2, -0.15) is 0 Å². The summed E-state index contributed by atoms with van der Waals surface area (Å²) in [6.45, 7) is 0.425. The number of hydrogen-bond donors (Lipinski definition) is 2. The highest BCUT2D eigenvalue weighted by Gasteiger charge is 2.08. The molecular formula is C16H19N3O2S. The molecule has 0 aliphatic carbocycles. The number of hydrogen-bond acceptors (Lipinski definition) is 4. The molecular weight excluding hydrogens is 298 g/mol. The van der Waals surface area contributed by atoms with Crippen LogP contribution in [0.5, 0.6) is 0 Å². The van der Waals surface area contributed by atoms with Gasteiger partial charge in [0.15, 0.2) is 0 Å². The van der Waals surface area contributed by atoms with Crippen molar-refractivity contribution in [1.29, 1.82) is 0 Å². The zero-order valence-electron chi connectivity index (χ0n) is 12.6. The minimum absolute atomic E-state index is 0.0213. The molecule has 0 aliphatic rings. The Balaban J connectivity index is 1.74. The highest BCUT2D eigenvalue weighted by atomic mass is 32.1. The van der Waals surface area contributed by atoms with Crippen molar-refractivity contribution in [3.63, 3.8) is 0 Å². The molecule has 0 fully saturated rings. The summed E-state index contributed by atoms with van der Waals surface area (Å²) in [7, 11) is 3.96. The monoisotopic (exact) mass is 317 g/mol. The van der Waals surface area contributed by atoms with Crippen molar-refractivity contribution in [3.8, 4) is 0 Å². The molecule has 2 amide bonds. The molecule has 5 nitrogen and oxygen atoms in total. The molecule has 0 unspecified atom stereocenters. The highest BCUT2D eigenvalue weighted by Crippen LogP contribution is 2.12. The van der Waals surface area contributed by atoms with Crippen molar-refractivity contribution in [2.45, 2.75) is 6.54 Å². The van der Waals surface area contributed by atoms with Gasteiger partial charge in [-0.15, -0.1) is 11.3 Å². The molecule has 2 N–H and O–H groups in total. The number of carbonyl (C=O) groups is 2. The molecule has 1 aromatic carbocycles. The van der Waals surface area contributed by atoms with E-state index in [1.165, 1.54) is 11.3 Å². The fraction of sp³-hybridized carbons (Fsp3) is 0.250. The predicted octanol–water partition coefficient (Wildman–Crippen LogP) is 1.86. The minimum atomic E-state index is -0.222. The van der Waals surface area contributed by atoms with Crippen molar-refractivity contribution in [1.82, 2.24) is 10.6 Å². The van der Waals surface area contributed by atoms with E-state index in [2.05, 4.69) is 10.6 Å². The summed E-state index contributed by atoms with van der Waals surface area (Å²) in [6.07, 6.45) is 0. The van der Waals surface area contributed by atoms with Gasteiger partial charge in [-0.25, -0.2) is 0 Å². The van der Waals surface area contributed by atoms with Crippen LogP contribution in [0.15, 0.2) is 41.8 Å². The lowest BCUT2D eigenvalue weighted by Crippen LogP contribution is -2.36. The van der Waals surface area contributed by atoms with Gasteiger partial charge in [0.2, 0.25) is 5.91 Å². The van der Waals surface area contributed by atoms with E-state index in [4.69, 9.17) is 0 Å². The van der Waals surface area contributed by atoms with Crippen molar-refractivity contribution >= 4 is 28.8 Å². The van der Waals surface area contributed by atoms with Gasteiger partial charge >= 0.3 is 0 Å². The average molecular weight is 317 g/mol. The Kier molecular flexibility index (Phi) is 5.55. The van der Waals surface area contributed by atoms with E-state index in [1.54, 1.807) is 12.1 Å². The second-order valence-electron chi connectivity index (χ2n) is 5.00. The maximum absolute atomic E-state index is 11.7. The quantitative estimate of drug-likeness (QED) is 0.855. The van der Waals surface area contributed by atoms with Gasteiger partial charge in [0.25, 0.3) is 5.91 Å². The molecule has 0 bridgehead atoms. The van der Waals surface area contributed by atoms with Crippen molar-refractivity contribution in [2.24, 2.45) is 0 Å². The van der Waals surface area contributed by atoms with Gasteiger partial charge in [-0.1, -0.05) is 18.2 Å². The van der Waals surface area contributed by atoms with Crippen LogP contribution in [0.4, 0.5) is 5.69 Å². The fourth-order valence-corrected chi connectivity index (χ4v) is 2.47. The van der Waals surface area contributed by atoms with E-state index in [0.717, 1.165) is 11.3 Å². The number of rotatable bonds is 6. The summed E-state index contributed by atoms with van der Waals surface area (Å²) in [6, 6.07) is 11.5. The zero-order chi connectivity index (χ0) is 15.9. The molecule has 6 heteroatoms. The van der Waals surface area contributed by atoms with Crippen LogP contribution in [0.2, 0.25) is 0 Å². The van der Waals surface area contributed by atoms with Crippen molar-refractivity contribution < 1.29 is 9.59 Å². The van der Waals surface area contributed by atoms with Crippen LogP contribution in [0.3, 0.4) is 0 Å². The topological polar surface area (TPSA) is 61.4 Å². The molecule has 1 aromatic heterocycles. The van der Waals surface area contributed by atoms with Crippen LogP contribution in [0.25, 0.3) is 0 Å². The first-order valence-corrected chi connectivity index (χ1v) is 7.79. The second kappa shape index (κ2) is 7.61. The summed E-state index contributed by atoms with van der Waals surface area (Å²) in [5, 5.41) is 7.21. The summed E-state index contributed by atoms with van der Waals surface area (Å²) in [5.41, 5.74) is 2.13. The Bertz CT molecular complexity index is 621. The summed E-state index contributed by atoms with van der Waals surface area (Å²) in [5.74, 6) is -0.429. The second-order valence-corrected chi connectivity index (χ2v) is 5.95. The van der Waals surface area contributed by atoms with E-state index in [0.29, 0.717) is 11.4 Å². The minimum Gasteiger partial charge on any atom is -0.378 e. The summed E-state index contributed by atoms with van der Waals surface area (Å²) >= 11 is 1.35. The van der Waals surface area contributed by atoms with Gasteiger partial charge in [0.05, 0.1) is 11.4 Å². The van der Waals surface area contributed by atoms with E-state index >= 15 is 0 Å². The number of anilines is 1. The third kappa shape index (κ3) is 4.60. The Morgan fingerprint density at radius 1 is 1.09 bits per heavy atom. The molecule has 1 heterocycles. The molecule has 0 saturated heterocycles. The zero-order valence-corrected chi connectivity index (χ0v) is 13.4. The number of nitrogens with zero attached hydrogens (tertiary/aromatic N) is 1. The van der Waals surface area contributed by atoms with Crippen LogP contribution < -0.4 is 15.5 Å². The SMILES string of the molecule is CN(C)c1ccc(CNC(=O)CNC(=O)c2cccs2)cc1. The molecule has 0 saturated carbocycles. The van der Waals surface area contributed by atoms with E-state index in [9.17, 15) is 9.59 Å². The maximum atomic E-state index is 11.7. The first-order valence-electron chi connectivity index (χ1n) is 6.91. The Morgan fingerprint density at radius 2 is 1.82 bits per heavy atom. The van der Waals surface area contributed by atoms with Crippen LogP contribution in [-0.4, -0.2) is 32.5 Å². The average Bonchev–Trinajstić information content (AvgIpc) is 3.05. The third-order valence-corrected chi connectivity index (χ3v) is 3.97. The lowest BCUT2D eigenvalue weighted by atomic mass is 10.2. The fourth-order valence-electron chi connectivity index (χ4n) is 1.83. The number of amides is 2. The normalized spacial score (nSPS) is 10.1. The molecule has 22 heavy (non-hydrogen) atoms. The van der Waals surface area contributed by atoms with Crippen LogP contribution in [-0.2, 0) is 11.3 Å². The molecule has 0 atom stereocenters. The van der Waals surface area contributed by atoms with E-state index in [-0.39, 0.29) is 18.4 Å². The maximum Gasteiger partial charge on any atom is 0.261 e. The van der Waals surface area contributed by atoms with Crippen LogP contribution in [0.1, 0.15) is 15.2 Å². The first kappa shape index (κ1) is 16.0. The number of nitrogens with one attached hydrogen (secondary N) is 2. The first-order chi connectivity index (χ1) is 10.6. The Morgan fingerprint density at radius 3 is 2.41 bits per heavy atom. The number of benzene rings is 1. The van der Waals surface area contributed by atoms with Crippen molar-refractivity contribution in [3.05, 3.63) is 52.2 Å². The summed E-state index contributed by atoms with van der Waals surface area (Å²) in [4.78, 5) is 26.1. The third-order valence-electron chi connectivity index (χ3n) is 3.10. The van der Waals surface area contributed by atoms with Crippen molar-refractivity contribution in [2.75, 3.05) is 25.5 Å². The Labute approximate surface area is 134 Å². The Hall–Kier alpha value is -2.34.